The molecule has 0 saturated carbocycles. The summed E-state index contributed by atoms with van der Waals surface area (Å²) in [7, 11) is 0. The van der Waals surface area contributed by atoms with Gasteiger partial charge < -0.3 is 10.1 Å². The monoisotopic (exact) mass is 256 g/mol. The van der Waals surface area contributed by atoms with E-state index in [1.165, 1.54) is 6.33 Å². The standard InChI is InChI=1S/C11H10Cl2N2O/c12-8-2-1-3-9(13)7(8)4-11(16)10-5-14-6-15-10/h1-3,5-6,11,16H,4H2,(H,14,15). The highest BCUT2D eigenvalue weighted by atomic mass is 35.5. The second-order valence-electron chi connectivity index (χ2n) is 3.41. The van der Waals surface area contributed by atoms with Gasteiger partial charge in [-0.05, 0) is 17.7 Å². The Kier molecular flexibility index (Phi) is 3.49. The van der Waals surface area contributed by atoms with Crippen LogP contribution in [0.1, 0.15) is 17.4 Å². The Morgan fingerprint density at radius 3 is 2.56 bits per heavy atom. The Morgan fingerprint density at radius 1 is 1.31 bits per heavy atom. The van der Waals surface area contributed by atoms with Crippen molar-refractivity contribution in [3.8, 4) is 0 Å². The fourth-order valence-corrected chi connectivity index (χ4v) is 2.03. The van der Waals surface area contributed by atoms with Gasteiger partial charge in [-0.2, -0.15) is 0 Å². The maximum atomic E-state index is 9.91. The SMILES string of the molecule is OC(Cc1c(Cl)cccc1Cl)c1c[nH]cn1. The summed E-state index contributed by atoms with van der Waals surface area (Å²) >= 11 is 12.0. The van der Waals surface area contributed by atoms with Gasteiger partial charge in [0.15, 0.2) is 0 Å². The van der Waals surface area contributed by atoms with Crippen LogP contribution in [0.5, 0.6) is 0 Å². The van der Waals surface area contributed by atoms with Crippen LogP contribution in [0.15, 0.2) is 30.7 Å². The van der Waals surface area contributed by atoms with Crippen LogP contribution in [0.3, 0.4) is 0 Å². The van der Waals surface area contributed by atoms with Gasteiger partial charge in [-0.15, -0.1) is 0 Å². The zero-order valence-electron chi connectivity index (χ0n) is 8.32. The van der Waals surface area contributed by atoms with Crippen LogP contribution in [-0.2, 0) is 6.42 Å². The predicted molar refractivity (Wildman–Crippen MR) is 63.7 cm³/mol. The molecule has 3 nitrogen and oxygen atoms in total. The minimum absolute atomic E-state index is 0.351. The lowest BCUT2D eigenvalue weighted by Gasteiger charge is -2.10. The molecule has 0 aliphatic heterocycles. The van der Waals surface area contributed by atoms with E-state index in [2.05, 4.69) is 9.97 Å². The van der Waals surface area contributed by atoms with Gasteiger partial charge in [-0.3, -0.25) is 0 Å². The Bertz CT molecular complexity index is 451. The van der Waals surface area contributed by atoms with Gasteiger partial charge in [0.1, 0.15) is 6.10 Å². The van der Waals surface area contributed by atoms with Gasteiger partial charge >= 0.3 is 0 Å². The molecule has 2 aromatic rings. The smallest absolute Gasteiger partial charge is 0.102 e. The molecule has 1 aromatic heterocycles. The second kappa shape index (κ2) is 4.87. The van der Waals surface area contributed by atoms with E-state index >= 15 is 0 Å². The summed E-state index contributed by atoms with van der Waals surface area (Å²) in [6, 6.07) is 5.27. The molecular formula is C11H10Cl2N2O. The highest BCUT2D eigenvalue weighted by molar-refractivity contribution is 6.35. The molecule has 1 unspecified atom stereocenters. The highest BCUT2D eigenvalue weighted by Crippen LogP contribution is 2.28. The number of halogens is 2. The van der Waals surface area contributed by atoms with Crippen molar-refractivity contribution in [1.29, 1.82) is 0 Å². The summed E-state index contributed by atoms with van der Waals surface area (Å²) in [6.45, 7) is 0. The van der Waals surface area contributed by atoms with Gasteiger partial charge in [-0.25, -0.2) is 4.98 Å². The van der Waals surface area contributed by atoms with E-state index in [0.29, 0.717) is 22.2 Å². The molecule has 0 radical (unpaired) electrons. The minimum Gasteiger partial charge on any atom is -0.386 e. The number of imidazole rings is 1. The number of benzene rings is 1. The number of H-pyrrole nitrogens is 1. The Labute approximate surface area is 103 Å². The summed E-state index contributed by atoms with van der Waals surface area (Å²) in [5.41, 5.74) is 1.32. The first kappa shape index (κ1) is 11.5. The summed E-state index contributed by atoms with van der Waals surface area (Å²) in [4.78, 5) is 6.77. The quantitative estimate of drug-likeness (QED) is 0.887. The number of hydrogen-bond donors (Lipinski definition) is 2. The van der Waals surface area contributed by atoms with Crippen molar-refractivity contribution in [2.75, 3.05) is 0 Å². The summed E-state index contributed by atoms with van der Waals surface area (Å²) in [6.07, 6.45) is 2.81. The Morgan fingerprint density at radius 2 is 2.00 bits per heavy atom. The van der Waals surface area contributed by atoms with Crippen molar-refractivity contribution in [2.45, 2.75) is 12.5 Å². The van der Waals surface area contributed by atoms with Crippen LogP contribution in [0.4, 0.5) is 0 Å². The van der Waals surface area contributed by atoms with Crippen LogP contribution in [0.25, 0.3) is 0 Å². The lowest BCUT2D eigenvalue weighted by molar-refractivity contribution is 0.174. The zero-order valence-corrected chi connectivity index (χ0v) is 9.83. The van der Waals surface area contributed by atoms with Gasteiger partial charge in [0.2, 0.25) is 0 Å². The molecule has 2 rings (SSSR count). The molecule has 5 heteroatoms. The van der Waals surface area contributed by atoms with E-state index < -0.39 is 6.10 Å². The molecule has 16 heavy (non-hydrogen) atoms. The summed E-state index contributed by atoms with van der Waals surface area (Å²) in [5.74, 6) is 0. The molecule has 0 aliphatic carbocycles. The molecule has 0 bridgehead atoms. The molecule has 1 aromatic carbocycles. The molecular weight excluding hydrogens is 247 g/mol. The first-order valence-electron chi connectivity index (χ1n) is 4.78. The third kappa shape index (κ3) is 2.38. The molecule has 0 fully saturated rings. The lowest BCUT2D eigenvalue weighted by atomic mass is 10.1. The fraction of sp³-hybridized carbons (Fsp3) is 0.182. The summed E-state index contributed by atoms with van der Waals surface area (Å²) < 4.78 is 0. The van der Waals surface area contributed by atoms with Crippen molar-refractivity contribution < 1.29 is 5.11 Å². The van der Waals surface area contributed by atoms with Crippen LogP contribution in [0.2, 0.25) is 10.0 Å². The average molecular weight is 257 g/mol. The second-order valence-corrected chi connectivity index (χ2v) is 4.23. The number of aliphatic hydroxyl groups excluding tert-OH is 1. The number of aromatic nitrogens is 2. The van der Waals surface area contributed by atoms with E-state index in [-0.39, 0.29) is 0 Å². The molecule has 2 N–H and O–H groups in total. The van der Waals surface area contributed by atoms with Crippen LogP contribution < -0.4 is 0 Å². The predicted octanol–water partition coefficient (Wildman–Crippen LogP) is 2.99. The Balaban J connectivity index is 2.21. The molecule has 0 spiro atoms. The Hall–Kier alpha value is -1.03. The molecule has 0 saturated heterocycles. The highest BCUT2D eigenvalue weighted by Gasteiger charge is 2.14. The van der Waals surface area contributed by atoms with Crippen molar-refractivity contribution in [2.24, 2.45) is 0 Å². The third-order valence-electron chi connectivity index (χ3n) is 2.32. The van der Waals surface area contributed by atoms with Crippen LogP contribution in [0, 0.1) is 0 Å². The van der Waals surface area contributed by atoms with Crippen molar-refractivity contribution in [3.05, 3.63) is 52.0 Å². The van der Waals surface area contributed by atoms with Gasteiger partial charge in [0.05, 0.1) is 12.0 Å². The first-order valence-corrected chi connectivity index (χ1v) is 5.53. The molecule has 1 heterocycles. The van der Waals surface area contributed by atoms with E-state index in [0.717, 1.165) is 5.56 Å². The lowest BCUT2D eigenvalue weighted by Crippen LogP contribution is -2.03. The van der Waals surface area contributed by atoms with Gasteiger partial charge in [0.25, 0.3) is 0 Å². The van der Waals surface area contributed by atoms with Crippen LogP contribution in [-0.4, -0.2) is 15.1 Å². The average Bonchev–Trinajstić information content (AvgIpc) is 2.76. The fourth-order valence-electron chi connectivity index (χ4n) is 1.48. The first-order chi connectivity index (χ1) is 7.68. The van der Waals surface area contributed by atoms with Crippen LogP contribution >= 0.6 is 23.2 Å². The number of nitrogens with one attached hydrogen (secondary N) is 1. The number of aromatic amines is 1. The van der Waals surface area contributed by atoms with Gasteiger partial charge in [-0.1, -0.05) is 29.3 Å². The van der Waals surface area contributed by atoms with Gasteiger partial charge in [0, 0.05) is 22.7 Å². The van der Waals surface area contributed by atoms with Crippen molar-refractivity contribution in [3.63, 3.8) is 0 Å². The molecule has 0 aliphatic rings. The van der Waals surface area contributed by atoms with E-state index in [4.69, 9.17) is 23.2 Å². The summed E-state index contributed by atoms with van der Waals surface area (Å²) in [5, 5.41) is 11.0. The van der Waals surface area contributed by atoms with Crippen molar-refractivity contribution >= 4 is 23.2 Å². The van der Waals surface area contributed by atoms with Crippen molar-refractivity contribution in [1.82, 2.24) is 9.97 Å². The number of nitrogens with zero attached hydrogens (tertiary/aromatic N) is 1. The largest absolute Gasteiger partial charge is 0.386 e. The third-order valence-corrected chi connectivity index (χ3v) is 3.03. The minimum atomic E-state index is -0.705. The molecule has 0 amide bonds. The number of aliphatic hydroxyl groups is 1. The molecule has 1 atom stereocenters. The van der Waals surface area contributed by atoms with E-state index in [9.17, 15) is 5.11 Å². The van der Waals surface area contributed by atoms with E-state index in [1.54, 1.807) is 24.4 Å². The number of hydrogen-bond acceptors (Lipinski definition) is 2. The number of rotatable bonds is 3. The maximum Gasteiger partial charge on any atom is 0.102 e. The van der Waals surface area contributed by atoms with E-state index in [1.807, 2.05) is 0 Å². The molecule has 84 valence electrons. The topological polar surface area (TPSA) is 48.9 Å². The zero-order chi connectivity index (χ0) is 11.5. The normalized spacial score (nSPS) is 12.7. The maximum absolute atomic E-state index is 9.91.